The van der Waals surface area contributed by atoms with Gasteiger partial charge in [0.15, 0.2) is 5.78 Å². The van der Waals surface area contributed by atoms with E-state index < -0.39 is 11.9 Å². The lowest BCUT2D eigenvalue weighted by atomic mass is 9.92. The van der Waals surface area contributed by atoms with E-state index in [1.807, 2.05) is 30.3 Å². The summed E-state index contributed by atoms with van der Waals surface area (Å²) in [6.07, 6.45) is 3.08. The fourth-order valence-corrected chi connectivity index (χ4v) is 2.19. The van der Waals surface area contributed by atoms with Crippen molar-refractivity contribution in [2.45, 2.75) is 13.0 Å². The summed E-state index contributed by atoms with van der Waals surface area (Å²) in [5.74, 6) is -1.67. The molecule has 0 spiro atoms. The van der Waals surface area contributed by atoms with Gasteiger partial charge >= 0.3 is 5.97 Å². The van der Waals surface area contributed by atoms with E-state index in [9.17, 15) is 9.59 Å². The molecule has 4 nitrogen and oxygen atoms in total. The van der Waals surface area contributed by atoms with Crippen LogP contribution in [0.3, 0.4) is 0 Å². The second-order valence-electron chi connectivity index (χ2n) is 4.63. The van der Waals surface area contributed by atoms with E-state index in [1.165, 1.54) is 6.08 Å². The molecule has 2 atom stereocenters. The Kier molecular flexibility index (Phi) is 4.47. The molecular formula is C15H16O4. The third-order valence-electron chi connectivity index (χ3n) is 3.21. The Bertz CT molecular complexity index is 478. The molecule has 0 saturated heterocycles. The van der Waals surface area contributed by atoms with Crippen molar-refractivity contribution in [1.29, 1.82) is 0 Å². The molecule has 0 bridgehead atoms. The van der Waals surface area contributed by atoms with Crippen molar-refractivity contribution in [3.63, 3.8) is 0 Å². The maximum Gasteiger partial charge on any atom is 0.304 e. The highest BCUT2D eigenvalue weighted by molar-refractivity contribution is 5.96. The van der Waals surface area contributed by atoms with Crippen molar-refractivity contribution in [1.82, 2.24) is 0 Å². The minimum Gasteiger partial charge on any atom is -0.481 e. The van der Waals surface area contributed by atoms with Gasteiger partial charge < -0.3 is 9.84 Å². The van der Waals surface area contributed by atoms with Crippen LogP contribution < -0.4 is 0 Å². The zero-order valence-corrected chi connectivity index (χ0v) is 10.5. The smallest absolute Gasteiger partial charge is 0.304 e. The first-order chi connectivity index (χ1) is 9.16. The molecule has 0 heterocycles. The molecule has 0 fully saturated rings. The minimum absolute atomic E-state index is 0.115. The predicted octanol–water partition coefficient (Wildman–Crippen LogP) is 2.05. The largest absolute Gasteiger partial charge is 0.481 e. The summed E-state index contributed by atoms with van der Waals surface area (Å²) < 4.78 is 5.57. The molecule has 1 aliphatic carbocycles. The second-order valence-corrected chi connectivity index (χ2v) is 4.63. The quantitative estimate of drug-likeness (QED) is 0.850. The van der Waals surface area contributed by atoms with Crippen molar-refractivity contribution in [3.8, 4) is 0 Å². The van der Waals surface area contributed by atoms with Gasteiger partial charge in [0.25, 0.3) is 0 Å². The normalized spacial score (nSPS) is 21.8. The third kappa shape index (κ3) is 3.76. The Morgan fingerprint density at radius 3 is 2.68 bits per heavy atom. The van der Waals surface area contributed by atoms with Gasteiger partial charge in [0.1, 0.15) is 0 Å². The first kappa shape index (κ1) is 13.5. The van der Waals surface area contributed by atoms with Gasteiger partial charge in [-0.2, -0.15) is 0 Å². The summed E-state index contributed by atoms with van der Waals surface area (Å²) in [7, 11) is 0. The topological polar surface area (TPSA) is 63.6 Å². The molecule has 1 aromatic rings. The van der Waals surface area contributed by atoms with Crippen LogP contribution in [-0.2, 0) is 20.9 Å². The van der Waals surface area contributed by atoms with Crippen molar-refractivity contribution in [2.75, 3.05) is 6.61 Å². The van der Waals surface area contributed by atoms with Crippen LogP contribution in [0, 0.1) is 11.8 Å². The van der Waals surface area contributed by atoms with Crippen LogP contribution in [0.15, 0.2) is 42.5 Å². The van der Waals surface area contributed by atoms with Crippen LogP contribution in [0.5, 0.6) is 0 Å². The van der Waals surface area contributed by atoms with Gasteiger partial charge in [0.2, 0.25) is 0 Å². The Balaban J connectivity index is 1.83. The fraction of sp³-hybridized carbons (Fsp3) is 0.333. The minimum atomic E-state index is -0.949. The molecule has 0 radical (unpaired) electrons. The molecule has 4 heteroatoms. The zero-order chi connectivity index (χ0) is 13.7. The molecule has 0 aliphatic heterocycles. The monoisotopic (exact) mass is 260 g/mol. The number of hydrogen-bond donors (Lipinski definition) is 1. The van der Waals surface area contributed by atoms with Gasteiger partial charge in [-0.15, -0.1) is 0 Å². The van der Waals surface area contributed by atoms with Crippen molar-refractivity contribution in [2.24, 2.45) is 11.8 Å². The van der Waals surface area contributed by atoms with Gasteiger partial charge in [-0.1, -0.05) is 36.4 Å². The zero-order valence-electron chi connectivity index (χ0n) is 10.5. The van der Waals surface area contributed by atoms with Gasteiger partial charge in [-0.05, 0) is 11.6 Å². The summed E-state index contributed by atoms with van der Waals surface area (Å²) in [6, 6.07) is 9.73. The predicted molar refractivity (Wildman–Crippen MR) is 69.5 cm³/mol. The van der Waals surface area contributed by atoms with Crippen LogP contribution in [0.2, 0.25) is 0 Å². The number of ether oxygens (including phenoxy) is 1. The number of aliphatic carboxylic acids is 1. The molecule has 2 unspecified atom stereocenters. The van der Waals surface area contributed by atoms with Crippen molar-refractivity contribution < 1.29 is 19.4 Å². The second kappa shape index (κ2) is 6.29. The lowest BCUT2D eigenvalue weighted by Gasteiger charge is -2.16. The average Bonchev–Trinajstić information content (AvgIpc) is 2.72. The van der Waals surface area contributed by atoms with E-state index in [2.05, 4.69) is 0 Å². The lowest BCUT2D eigenvalue weighted by Crippen LogP contribution is -2.23. The molecular weight excluding hydrogens is 244 g/mol. The van der Waals surface area contributed by atoms with Crippen LogP contribution in [0.25, 0.3) is 0 Å². The molecule has 0 amide bonds. The summed E-state index contributed by atoms with van der Waals surface area (Å²) in [6.45, 7) is 0.842. The Morgan fingerprint density at radius 1 is 1.26 bits per heavy atom. The first-order valence-corrected chi connectivity index (χ1v) is 6.22. The van der Waals surface area contributed by atoms with Crippen LogP contribution in [0.4, 0.5) is 0 Å². The summed E-state index contributed by atoms with van der Waals surface area (Å²) in [5.41, 5.74) is 1.06. The summed E-state index contributed by atoms with van der Waals surface area (Å²) in [5, 5.41) is 8.79. The van der Waals surface area contributed by atoms with Crippen LogP contribution in [0.1, 0.15) is 12.0 Å². The van der Waals surface area contributed by atoms with E-state index in [4.69, 9.17) is 9.84 Å². The maximum atomic E-state index is 11.5. The van der Waals surface area contributed by atoms with Crippen molar-refractivity contribution in [3.05, 3.63) is 48.0 Å². The first-order valence-electron chi connectivity index (χ1n) is 6.22. The molecule has 0 saturated carbocycles. The number of carboxylic acids is 1. The Labute approximate surface area is 111 Å². The molecule has 1 N–H and O–H groups in total. The average molecular weight is 260 g/mol. The van der Waals surface area contributed by atoms with E-state index in [0.717, 1.165) is 5.56 Å². The maximum absolute atomic E-state index is 11.5. The van der Waals surface area contributed by atoms with E-state index >= 15 is 0 Å². The Hall–Kier alpha value is -1.94. The van der Waals surface area contributed by atoms with E-state index in [-0.39, 0.29) is 18.1 Å². The molecule has 100 valence electrons. The molecule has 1 aliphatic rings. The number of carbonyl (C=O) groups excluding carboxylic acids is 1. The highest BCUT2D eigenvalue weighted by atomic mass is 16.5. The number of hydrogen-bond acceptors (Lipinski definition) is 3. The molecule has 1 aromatic carbocycles. The van der Waals surface area contributed by atoms with E-state index in [1.54, 1.807) is 6.08 Å². The fourth-order valence-electron chi connectivity index (χ4n) is 2.19. The standard InChI is InChI=1S/C15H16O4/c16-14-7-6-12(13(14)8-15(17)18)10-19-9-11-4-2-1-3-5-11/h1-7,12-13H,8-10H2,(H,17,18). The van der Waals surface area contributed by atoms with Gasteiger partial charge in [-0.25, -0.2) is 0 Å². The van der Waals surface area contributed by atoms with E-state index in [0.29, 0.717) is 13.2 Å². The lowest BCUT2D eigenvalue weighted by molar-refractivity contribution is -0.140. The highest BCUT2D eigenvalue weighted by Crippen LogP contribution is 2.26. The number of benzene rings is 1. The van der Waals surface area contributed by atoms with Gasteiger partial charge in [-0.3, -0.25) is 9.59 Å². The van der Waals surface area contributed by atoms with Crippen LogP contribution in [-0.4, -0.2) is 23.5 Å². The molecule has 0 aromatic heterocycles. The number of rotatable bonds is 6. The summed E-state index contributed by atoms with van der Waals surface area (Å²) in [4.78, 5) is 22.3. The summed E-state index contributed by atoms with van der Waals surface area (Å²) >= 11 is 0. The van der Waals surface area contributed by atoms with Crippen LogP contribution >= 0.6 is 0 Å². The number of allylic oxidation sites excluding steroid dienone is 1. The number of carbonyl (C=O) groups is 2. The van der Waals surface area contributed by atoms with Gasteiger partial charge in [0, 0.05) is 11.8 Å². The highest BCUT2D eigenvalue weighted by Gasteiger charge is 2.31. The third-order valence-corrected chi connectivity index (χ3v) is 3.21. The Morgan fingerprint density at radius 2 is 2.00 bits per heavy atom. The van der Waals surface area contributed by atoms with Gasteiger partial charge in [0.05, 0.1) is 19.6 Å². The number of carboxylic acid groups (broad SMARTS) is 1. The molecule has 19 heavy (non-hydrogen) atoms. The SMILES string of the molecule is O=C(O)CC1C(=O)C=CC1COCc1ccccc1. The molecule has 2 rings (SSSR count). The van der Waals surface area contributed by atoms with Crippen molar-refractivity contribution >= 4 is 11.8 Å². The number of ketones is 1.